The fourth-order valence-corrected chi connectivity index (χ4v) is 6.05. The number of carbonyl (C=O) groups excluding carboxylic acids is 3. The van der Waals surface area contributed by atoms with Gasteiger partial charge in [-0.25, -0.2) is 13.8 Å². The minimum absolute atomic E-state index is 0.00855. The predicted molar refractivity (Wildman–Crippen MR) is 219 cm³/mol. The SMILES string of the molecule is CC.CCC(O)C[NH+](C)C.COC=O.Cc1nn(CCOC(F)F)cc1-c1ccc(-c2cnc(C(=O)Nc3ccc(C(=O)N4CCN(CO)CC4)c(Cl)c3)n2C)c(F)c1F. The fraction of sp³-hybridized carbons (Fsp3) is 0.475. The summed E-state index contributed by atoms with van der Waals surface area (Å²) in [6, 6.07) is 7.17. The van der Waals surface area contributed by atoms with Crippen LogP contribution in [0.2, 0.25) is 5.02 Å². The third-order valence-electron chi connectivity index (χ3n) is 8.88. The number of aliphatic hydroxyl groups is 2. The molecule has 4 N–H and O–H groups in total. The lowest BCUT2D eigenvalue weighted by Gasteiger charge is -2.33. The highest BCUT2D eigenvalue weighted by atomic mass is 35.5. The number of ether oxygens (including phenoxy) is 2. The summed E-state index contributed by atoms with van der Waals surface area (Å²) in [5, 5.41) is 25.2. The molecule has 1 atom stereocenters. The van der Waals surface area contributed by atoms with Crippen LogP contribution in [0.25, 0.3) is 22.4 Å². The van der Waals surface area contributed by atoms with Gasteiger partial charge in [-0.05, 0) is 37.6 Å². The number of quaternary nitrogens is 1. The molecular formula is C40H56ClF4N8O7+. The number of piperazine rings is 1. The summed E-state index contributed by atoms with van der Waals surface area (Å²) < 4.78 is 66.0. The molecule has 0 bridgehead atoms. The molecule has 0 aliphatic carbocycles. The van der Waals surface area contributed by atoms with E-state index in [2.05, 4.69) is 24.9 Å². The zero-order valence-corrected chi connectivity index (χ0v) is 35.9. The summed E-state index contributed by atoms with van der Waals surface area (Å²) in [4.78, 5) is 43.9. The molecule has 1 saturated heterocycles. The quantitative estimate of drug-likeness (QED) is 0.107. The van der Waals surface area contributed by atoms with E-state index < -0.39 is 24.2 Å². The molecule has 1 aliphatic rings. The van der Waals surface area contributed by atoms with Crippen molar-refractivity contribution in [2.75, 3.05) is 72.6 Å². The Morgan fingerprint density at radius 1 is 1.05 bits per heavy atom. The summed E-state index contributed by atoms with van der Waals surface area (Å²) in [5.74, 6) is -3.35. The number of hydrogen-bond acceptors (Lipinski definition) is 10. The van der Waals surface area contributed by atoms with E-state index in [4.69, 9.17) is 21.5 Å². The maximum atomic E-state index is 15.4. The summed E-state index contributed by atoms with van der Waals surface area (Å²) >= 11 is 6.39. The largest absolute Gasteiger partial charge is 0.471 e. The van der Waals surface area contributed by atoms with Crippen molar-refractivity contribution in [3.05, 3.63) is 76.5 Å². The lowest BCUT2D eigenvalue weighted by atomic mass is 10.0. The Bertz CT molecular complexity index is 1970. The third kappa shape index (κ3) is 14.7. The highest BCUT2D eigenvalue weighted by molar-refractivity contribution is 6.34. The number of nitrogens with one attached hydrogen (secondary N) is 2. The van der Waals surface area contributed by atoms with Crippen LogP contribution in [0.4, 0.5) is 23.2 Å². The molecule has 1 unspecified atom stereocenters. The Morgan fingerprint density at radius 2 is 1.67 bits per heavy atom. The molecule has 3 heterocycles. The van der Waals surface area contributed by atoms with Crippen molar-refractivity contribution in [3.8, 4) is 22.4 Å². The van der Waals surface area contributed by atoms with E-state index in [0.29, 0.717) is 44.0 Å². The van der Waals surface area contributed by atoms with Crippen molar-refractivity contribution in [1.82, 2.24) is 29.1 Å². The number of aromatic nitrogens is 4. The normalized spacial score (nSPS) is 13.1. The number of methoxy groups -OCH3 is 1. The smallest absolute Gasteiger partial charge is 0.345 e. The molecule has 1 aliphatic heterocycles. The third-order valence-corrected chi connectivity index (χ3v) is 9.19. The van der Waals surface area contributed by atoms with Crippen LogP contribution in [0, 0.1) is 18.6 Å². The van der Waals surface area contributed by atoms with Crippen LogP contribution in [-0.2, 0) is 27.9 Å². The molecule has 0 radical (unpaired) electrons. The molecule has 0 saturated carbocycles. The number of anilines is 1. The van der Waals surface area contributed by atoms with Gasteiger partial charge in [-0.3, -0.25) is 24.0 Å². The zero-order chi connectivity index (χ0) is 45.1. The molecule has 20 heteroatoms. The van der Waals surface area contributed by atoms with Crippen molar-refractivity contribution in [2.45, 2.75) is 53.4 Å². The van der Waals surface area contributed by atoms with E-state index in [0.717, 1.165) is 13.0 Å². The topological polar surface area (TPSA) is 169 Å². The first-order valence-corrected chi connectivity index (χ1v) is 19.6. The Kier molecular flexibility index (Phi) is 21.9. The number of hydrogen-bond donors (Lipinski definition) is 4. The molecule has 2 aromatic heterocycles. The Morgan fingerprint density at radius 3 is 2.20 bits per heavy atom. The van der Waals surface area contributed by atoms with E-state index in [-0.39, 0.29) is 70.7 Å². The van der Waals surface area contributed by atoms with Gasteiger partial charge >= 0.3 is 6.61 Å². The number of aliphatic hydroxyl groups excluding tert-OH is 2. The molecule has 4 aromatic rings. The molecule has 60 heavy (non-hydrogen) atoms. The van der Waals surface area contributed by atoms with Crippen molar-refractivity contribution >= 4 is 35.6 Å². The Labute approximate surface area is 352 Å². The average molecular weight is 872 g/mol. The Hall–Kier alpha value is -4.92. The maximum absolute atomic E-state index is 15.4. The van der Waals surface area contributed by atoms with Crippen LogP contribution in [0.1, 0.15) is 53.9 Å². The maximum Gasteiger partial charge on any atom is 0.345 e. The van der Waals surface area contributed by atoms with Gasteiger partial charge in [0, 0.05) is 61.8 Å². The number of amides is 2. The summed E-state index contributed by atoms with van der Waals surface area (Å²) in [6.07, 6.45) is 3.41. The predicted octanol–water partition coefficient (Wildman–Crippen LogP) is 4.11. The molecule has 0 spiro atoms. The second-order valence-electron chi connectivity index (χ2n) is 13.3. The van der Waals surface area contributed by atoms with Crippen molar-refractivity contribution in [2.24, 2.45) is 7.05 Å². The van der Waals surface area contributed by atoms with Crippen molar-refractivity contribution in [1.29, 1.82) is 0 Å². The first-order chi connectivity index (χ1) is 28.6. The van der Waals surface area contributed by atoms with Gasteiger partial charge in [-0.15, -0.1) is 0 Å². The lowest BCUT2D eigenvalue weighted by molar-refractivity contribution is -0.861. The van der Waals surface area contributed by atoms with Crippen LogP contribution in [0.3, 0.4) is 0 Å². The molecule has 332 valence electrons. The monoisotopic (exact) mass is 871 g/mol. The molecule has 5 rings (SSSR count). The lowest BCUT2D eigenvalue weighted by Crippen LogP contribution is -3.07. The number of alkyl halides is 2. The molecule has 2 aromatic carbocycles. The van der Waals surface area contributed by atoms with Gasteiger partial charge in [0.25, 0.3) is 18.3 Å². The number of nitrogens with zero attached hydrogens (tertiary/aromatic N) is 6. The van der Waals surface area contributed by atoms with Gasteiger partial charge in [0.15, 0.2) is 17.5 Å². The minimum atomic E-state index is -2.93. The first-order valence-electron chi connectivity index (χ1n) is 19.2. The van der Waals surface area contributed by atoms with Crippen LogP contribution in [0.15, 0.2) is 42.7 Å². The highest BCUT2D eigenvalue weighted by Crippen LogP contribution is 2.33. The van der Waals surface area contributed by atoms with Crippen LogP contribution in [-0.4, -0.2) is 138 Å². The van der Waals surface area contributed by atoms with E-state index in [1.165, 1.54) is 71.0 Å². The van der Waals surface area contributed by atoms with E-state index in [1.807, 2.05) is 39.8 Å². The number of benzene rings is 2. The zero-order valence-electron chi connectivity index (χ0n) is 35.1. The fourth-order valence-electron chi connectivity index (χ4n) is 5.79. The van der Waals surface area contributed by atoms with Gasteiger partial charge in [-0.1, -0.05) is 38.4 Å². The van der Waals surface area contributed by atoms with Crippen LogP contribution >= 0.6 is 11.6 Å². The summed E-state index contributed by atoms with van der Waals surface area (Å²) in [5.41, 5.74) is 1.11. The average Bonchev–Trinajstić information content (AvgIpc) is 3.80. The summed E-state index contributed by atoms with van der Waals surface area (Å²) in [7, 11) is 6.87. The minimum Gasteiger partial charge on any atom is -0.471 e. The second kappa shape index (κ2) is 25.6. The number of halogens is 5. The van der Waals surface area contributed by atoms with Crippen molar-refractivity contribution < 1.29 is 56.5 Å². The number of carbonyl (C=O) groups is 3. The molecule has 15 nitrogen and oxygen atoms in total. The highest BCUT2D eigenvalue weighted by Gasteiger charge is 2.25. The Balaban J connectivity index is 0.000000768. The van der Waals surface area contributed by atoms with Gasteiger partial charge in [0.05, 0.1) is 69.3 Å². The van der Waals surface area contributed by atoms with E-state index in [9.17, 15) is 23.5 Å². The van der Waals surface area contributed by atoms with Crippen molar-refractivity contribution in [3.63, 3.8) is 0 Å². The van der Waals surface area contributed by atoms with Crippen LogP contribution in [0.5, 0.6) is 0 Å². The molecular weight excluding hydrogens is 816 g/mol. The number of likely N-dealkylation sites (N-methyl/N-ethyl adjacent to an activating group) is 1. The van der Waals surface area contributed by atoms with Gasteiger partial charge < -0.3 is 39.4 Å². The van der Waals surface area contributed by atoms with Gasteiger partial charge in [0.1, 0.15) is 12.6 Å². The van der Waals surface area contributed by atoms with E-state index in [1.54, 1.807) is 11.8 Å². The molecule has 1 fully saturated rings. The summed E-state index contributed by atoms with van der Waals surface area (Å²) in [6.45, 7) is 7.43. The number of rotatable bonds is 14. The van der Waals surface area contributed by atoms with E-state index >= 15 is 8.78 Å². The van der Waals surface area contributed by atoms with Crippen LogP contribution < -0.4 is 10.2 Å². The molecule has 2 amide bonds. The number of aryl methyl sites for hydroxylation is 1. The van der Waals surface area contributed by atoms with Gasteiger partial charge in [0.2, 0.25) is 0 Å². The standard InChI is InChI=1S/C30H30ClF4N7O4.C6H15NO.C2H4O2.C2H6/c1-17-22(15-42(38-17)11-12-46-30(34)35)19-5-6-21(26(33)25(19)32)24-14-36-27(39(24)2)28(44)37-18-3-4-20(23(31)13-18)29(45)41-9-7-40(16-43)8-10-41;1-4-6(8)5-7(2)3;1-4-2-3;1-2/h3-6,13-15,30,43H,7-12,16H2,1-2H3,(H,37,44);6,8H,4-5H2,1-3H3;2H,1H3;1-2H3/p+1. The second-order valence-corrected chi connectivity index (χ2v) is 13.8. The van der Waals surface area contributed by atoms with Gasteiger partial charge in [-0.2, -0.15) is 13.9 Å². The first kappa shape index (κ1) is 51.2. The number of imidazole rings is 1.